The summed E-state index contributed by atoms with van der Waals surface area (Å²) in [6, 6.07) is 7.82. The zero-order valence-electron chi connectivity index (χ0n) is 10.2. The summed E-state index contributed by atoms with van der Waals surface area (Å²) in [7, 11) is 0. The van der Waals surface area contributed by atoms with Crippen molar-refractivity contribution < 1.29 is 4.79 Å². The molecule has 0 fully saturated rings. The van der Waals surface area contributed by atoms with Crippen molar-refractivity contribution in [1.82, 2.24) is 0 Å². The predicted molar refractivity (Wildman–Crippen MR) is 75.0 cm³/mol. The molecule has 0 aromatic heterocycles. The lowest BCUT2D eigenvalue weighted by Crippen LogP contribution is -2.24. The van der Waals surface area contributed by atoms with Crippen LogP contribution in [0.1, 0.15) is 25.8 Å². The van der Waals surface area contributed by atoms with Crippen LogP contribution >= 0.6 is 12.2 Å². The van der Waals surface area contributed by atoms with Crippen LogP contribution in [-0.4, -0.2) is 10.9 Å². The van der Waals surface area contributed by atoms with Crippen molar-refractivity contribution in [2.45, 2.75) is 26.7 Å². The molecular formula is C13H18N2OS. The molecule has 0 radical (unpaired) electrons. The molecule has 0 heterocycles. The predicted octanol–water partition coefficient (Wildman–Crippen LogP) is 2.50. The van der Waals surface area contributed by atoms with Crippen molar-refractivity contribution in [3.05, 3.63) is 29.8 Å². The maximum Gasteiger partial charge on any atom is 0.225 e. The maximum absolute atomic E-state index is 11.7. The minimum Gasteiger partial charge on any atom is -0.393 e. The van der Waals surface area contributed by atoms with Gasteiger partial charge in [-0.15, -0.1) is 0 Å². The van der Waals surface area contributed by atoms with E-state index in [1.807, 2.05) is 31.2 Å². The van der Waals surface area contributed by atoms with Gasteiger partial charge >= 0.3 is 0 Å². The lowest BCUT2D eigenvalue weighted by Gasteiger charge is -2.10. The molecule has 1 rings (SSSR count). The quantitative estimate of drug-likeness (QED) is 0.789. The van der Waals surface area contributed by atoms with Crippen LogP contribution in [0.3, 0.4) is 0 Å². The third-order valence-corrected chi connectivity index (χ3v) is 3.03. The standard InChI is InChI=1S/C13H18N2OS/c1-3-10-4-6-11(7-5-10)15-12(16)8-9(2)13(14)17/h4-7,9H,3,8H2,1-2H3,(H2,14,17)(H,15,16). The summed E-state index contributed by atoms with van der Waals surface area (Å²) in [5, 5.41) is 2.82. The summed E-state index contributed by atoms with van der Waals surface area (Å²) in [6.07, 6.45) is 1.32. The summed E-state index contributed by atoms with van der Waals surface area (Å²) >= 11 is 4.83. The Kier molecular flexibility index (Phi) is 5.10. The van der Waals surface area contributed by atoms with Gasteiger partial charge in [-0.2, -0.15) is 0 Å². The van der Waals surface area contributed by atoms with Gasteiger partial charge in [-0.25, -0.2) is 0 Å². The van der Waals surface area contributed by atoms with Gasteiger partial charge in [0.15, 0.2) is 0 Å². The first kappa shape index (κ1) is 13.6. The molecule has 0 saturated carbocycles. The van der Waals surface area contributed by atoms with E-state index in [1.165, 1.54) is 5.56 Å². The minimum atomic E-state index is -0.0695. The van der Waals surface area contributed by atoms with E-state index in [0.717, 1.165) is 12.1 Å². The Morgan fingerprint density at radius 3 is 2.47 bits per heavy atom. The van der Waals surface area contributed by atoms with Crippen LogP contribution in [0.25, 0.3) is 0 Å². The van der Waals surface area contributed by atoms with Crippen LogP contribution in [0, 0.1) is 5.92 Å². The van der Waals surface area contributed by atoms with E-state index in [2.05, 4.69) is 12.2 Å². The van der Waals surface area contributed by atoms with Crippen molar-refractivity contribution in [2.75, 3.05) is 5.32 Å². The number of carbonyl (C=O) groups is 1. The molecule has 3 N–H and O–H groups in total. The summed E-state index contributed by atoms with van der Waals surface area (Å²) in [5.41, 5.74) is 7.52. The van der Waals surface area contributed by atoms with E-state index in [4.69, 9.17) is 18.0 Å². The average molecular weight is 250 g/mol. The van der Waals surface area contributed by atoms with Gasteiger partial charge in [0.25, 0.3) is 0 Å². The Balaban J connectivity index is 2.53. The fraction of sp³-hybridized carbons (Fsp3) is 0.385. The van der Waals surface area contributed by atoms with Crippen LogP contribution in [0.2, 0.25) is 0 Å². The van der Waals surface area contributed by atoms with Gasteiger partial charge < -0.3 is 11.1 Å². The summed E-state index contributed by atoms with van der Waals surface area (Å²) in [6.45, 7) is 3.94. The average Bonchev–Trinajstić information content (AvgIpc) is 2.29. The third kappa shape index (κ3) is 4.53. The molecule has 0 saturated heterocycles. The van der Waals surface area contributed by atoms with Crippen LogP contribution in [0.4, 0.5) is 5.69 Å². The van der Waals surface area contributed by atoms with Crippen molar-refractivity contribution in [1.29, 1.82) is 0 Å². The molecule has 92 valence electrons. The van der Waals surface area contributed by atoms with Gasteiger partial charge in [-0.05, 0) is 24.1 Å². The van der Waals surface area contributed by atoms with Crippen LogP contribution in [0.15, 0.2) is 24.3 Å². The lowest BCUT2D eigenvalue weighted by molar-refractivity contribution is -0.116. The summed E-state index contributed by atoms with van der Waals surface area (Å²) in [4.78, 5) is 12.0. The number of thiocarbonyl (C=S) groups is 1. The van der Waals surface area contributed by atoms with Gasteiger partial charge in [0.1, 0.15) is 0 Å². The second-order valence-corrected chi connectivity index (χ2v) is 4.58. The molecule has 1 atom stereocenters. The molecule has 3 nitrogen and oxygen atoms in total. The Morgan fingerprint density at radius 2 is 2.00 bits per heavy atom. The molecule has 0 aliphatic heterocycles. The highest BCUT2D eigenvalue weighted by molar-refractivity contribution is 7.80. The largest absolute Gasteiger partial charge is 0.393 e. The van der Waals surface area contributed by atoms with Gasteiger partial charge in [-0.1, -0.05) is 38.2 Å². The first-order valence-corrected chi connectivity index (χ1v) is 6.12. The zero-order valence-corrected chi connectivity index (χ0v) is 11.0. The molecular weight excluding hydrogens is 232 g/mol. The molecule has 0 spiro atoms. The molecule has 1 amide bonds. The van der Waals surface area contributed by atoms with Crippen molar-refractivity contribution in [3.63, 3.8) is 0 Å². The minimum absolute atomic E-state index is 0.0606. The zero-order chi connectivity index (χ0) is 12.8. The Hall–Kier alpha value is -1.42. The number of hydrogen-bond acceptors (Lipinski definition) is 2. The van der Waals surface area contributed by atoms with E-state index in [0.29, 0.717) is 11.4 Å². The summed E-state index contributed by atoms with van der Waals surface area (Å²) in [5.74, 6) is -0.130. The Bertz CT molecular complexity index is 400. The monoisotopic (exact) mass is 250 g/mol. The lowest BCUT2D eigenvalue weighted by atomic mass is 10.1. The Labute approximate surface area is 107 Å². The fourth-order valence-corrected chi connectivity index (χ4v) is 1.50. The van der Waals surface area contributed by atoms with Crippen molar-refractivity contribution in [2.24, 2.45) is 11.7 Å². The molecule has 1 aromatic rings. The highest BCUT2D eigenvalue weighted by Gasteiger charge is 2.11. The van der Waals surface area contributed by atoms with E-state index >= 15 is 0 Å². The third-order valence-electron chi connectivity index (χ3n) is 2.62. The van der Waals surface area contributed by atoms with Crippen LogP contribution < -0.4 is 11.1 Å². The first-order valence-electron chi connectivity index (χ1n) is 5.71. The number of amides is 1. The van der Waals surface area contributed by atoms with E-state index < -0.39 is 0 Å². The first-order chi connectivity index (χ1) is 8.02. The second-order valence-electron chi connectivity index (χ2n) is 4.11. The molecule has 0 aliphatic rings. The number of carbonyl (C=O) groups excluding carboxylic acids is 1. The maximum atomic E-state index is 11.7. The second kappa shape index (κ2) is 6.35. The molecule has 4 heteroatoms. The highest BCUT2D eigenvalue weighted by atomic mass is 32.1. The number of nitrogens with one attached hydrogen (secondary N) is 1. The number of hydrogen-bond donors (Lipinski definition) is 2. The fourth-order valence-electron chi connectivity index (χ4n) is 1.41. The number of benzene rings is 1. The molecule has 0 aliphatic carbocycles. The number of rotatable bonds is 5. The van der Waals surface area contributed by atoms with Gasteiger partial charge in [0, 0.05) is 18.0 Å². The van der Waals surface area contributed by atoms with Crippen molar-refractivity contribution >= 4 is 28.8 Å². The molecule has 17 heavy (non-hydrogen) atoms. The van der Waals surface area contributed by atoms with Crippen molar-refractivity contribution in [3.8, 4) is 0 Å². The van der Waals surface area contributed by atoms with Gasteiger partial charge in [0.2, 0.25) is 5.91 Å². The molecule has 1 aromatic carbocycles. The van der Waals surface area contributed by atoms with Crippen LogP contribution in [0.5, 0.6) is 0 Å². The number of nitrogens with two attached hydrogens (primary N) is 1. The van der Waals surface area contributed by atoms with Gasteiger partial charge in [-0.3, -0.25) is 4.79 Å². The van der Waals surface area contributed by atoms with E-state index in [9.17, 15) is 4.79 Å². The Morgan fingerprint density at radius 1 is 1.41 bits per heavy atom. The topological polar surface area (TPSA) is 55.1 Å². The molecule has 0 bridgehead atoms. The smallest absolute Gasteiger partial charge is 0.225 e. The molecule has 1 unspecified atom stereocenters. The van der Waals surface area contributed by atoms with Crippen LogP contribution in [-0.2, 0) is 11.2 Å². The van der Waals surface area contributed by atoms with E-state index in [-0.39, 0.29) is 11.8 Å². The van der Waals surface area contributed by atoms with Gasteiger partial charge in [0.05, 0.1) is 4.99 Å². The normalized spacial score (nSPS) is 11.9. The number of anilines is 1. The SMILES string of the molecule is CCc1ccc(NC(=O)CC(C)C(N)=S)cc1. The number of aryl methyl sites for hydroxylation is 1. The summed E-state index contributed by atoms with van der Waals surface area (Å²) < 4.78 is 0. The van der Waals surface area contributed by atoms with E-state index in [1.54, 1.807) is 0 Å². The highest BCUT2D eigenvalue weighted by Crippen LogP contribution is 2.11.